The molecule has 0 saturated carbocycles. The van der Waals surface area contributed by atoms with Crippen molar-refractivity contribution in [3.8, 4) is 5.75 Å². The van der Waals surface area contributed by atoms with Crippen molar-refractivity contribution < 1.29 is 22.7 Å². The normalized spacial score (nSPS) is 11.0. The Balaban J connectivity index is 2.04. The number of nitrogens with one attached hydrogen (secondary N) is 2. The minimum absolute atomic E-state index is 0.123. The van der Waals surface area contributed by atoms with Crippen molar-refractivity contribution in [3.63, 3.8) is 0 Å². The van der Waals surface area contributed by atoms with Crippen LogP contribution in [0.3, 0.4) is 0 Å². The van der Waals surface area contributed by atoms with E-state index >= 15 is 0 Å². The monoisotopic (exact) mass is 364 g/mol. The molecular formula is C17H20N2O5S. The summed E-state index contributed by atoms with van der Waals surface area (Å²) in [5, 5.41) is 2.61. The number of sulfonamides is 1. The topological polar surface area (TPSA) is 93.7 Å². The molecule has 134 valence electrons. The summed E-state index contributed by atoms with van der Waals surface area (Å²) in [6, 6.07) is 12.5. The van der Waals surface area contributed by atoms with Crippen molar-refractivity contribution >= 4 is 27.3 Å². The molecule has 7 nitrogen and oxygen atoms in total. The molecule has 8 heteroatoms. The van der Waals surface area contributed by atoms with E-state index in [4.69, 9.17) is 9.47 Å². The number of amides is 1. The summed E-state index contributed by atoms with van der Waals surface area (Å²) in [7, 11) is -2.13. The molecule has 0 aliphatic rings. The fraction of sp³-hybridized carbons (Fsp3) is 0.235. The van der Waals surface area contributed by atoms with Gasteiger partial charge in [0.1, 0.15) is 12.4 Å². The van der Waals surface area contributed by atoms with Crippen molar-refractivity contribution in [2.75, 3.05) is 30.4 Å². The molecule has 1 amide bonds. The molecule has 2 aromatic rings. The first-order valence-corrected chi connectivity index (χ1v) is 9.01. The number of hydrogen-bond acceptors (Lipinski definition) is 5. The summed E-state index contributed by atoms with van der Waals surface area (Å²) in [4.78, 5) is 11.1. The molecule has 0 aliphatic heterocycles. The summed E-state index contributed by atoms with van der Waals surface area (Å²) in [5.74, 6) is 0.372. The Kier molecular flexibility index (Phi) is 6.37. The van der Waals surface area contributed by atoms with E-state index in [0.717, 1.165) is 0 Å². The Hall–Kier alpha value is -2.58. The van der Waals surface area contributed by atoms with Gasteiger partial charge in [0.15, 0.2) is 0 Å². The molecule has 0 aliphatic carbocycles. The zero-order valence-corrected chi connectivity index (χ0v) is 14.8. The van der Waals surface area contributed by atoms with Crippen LogP contribution in [0.15, 0.2) is 53.4 Å². The van der Waals surface area contributed by atoms with Crippen LogP contribution in [0.4, 0.5) is 11.4 Å². The molecule has 2 aromatic carbocycles. The number of methoxy groups -OCH3 is 1. The number of hydrogen-bond donors (Lipinski definition) is 2. The van der Waals surface area contributed by atoms with E-state index in [0.29, 0.717) is 30.3 Å². The Morgan fingerprint density at radius 1 is 0.960 bits per heavy atom. The average Bonchev–Trinajstić information content (AvgIpc) is 2.57. The van der Waals surface area contributed by atoms with Crippen LogP contribution < -0.4 is 14.8 Å². The largest absolute Gasteiger partial charge is 0.491 e. The molecule has 0 saturated heterocycles. The number of carbonyl (C=O) groups is 1. The lowest BCUT2D eigenvalue weighted by Gasteiger charge is -2.10. The highest BCUT2D eigenvalue weighted by Crippen LogP contribution is 2.20. The first-order valence-electron chi connectivity index (χ1n) is 7.53. The second kappa shape index (κ2) is 8.50. The van der Waals surface area contributed by atoms with E-state index < -0.39 is 10.0 Å². The molecule has 25 heavy (non-hydrogen) atoms. The third kappa shape index (κ3) is 5.77. The lowest BCUT2D eigenvalue weighted by molar-refractivity contribution is -0.114. The van der Waals surface area contributed by atoms with Crippen LogP contribution in [0, 0.1) is 0 Å². The van der Waals surface area contributed by atoms with Gasteiger partial charge in [-0.3, -0.25) is 9.52 Å². The average molecular weight is 364 g/mol. The summed E-state index contributed by atoms with van der Waals surface area (Å²) in [6.07, 6.45) is 0. The van der Waals surface area contributed by atoms with Gasteiger partial charge < -0.3 is 14.8 Å². The Morgan fingerprint density at radius 3 is 2.12 bits per heavy atom. The minimum Gasteiger partial charge on any atom is -0.491 e. The van der Waals surface area contributed by atoms with Gasteiger partial charge in [-0.05, 0) is 48.5 Å². The lowest BCUT2D eigenvalue weighted by atomic mass is 10.3. The standard InChI is InChI=1S/C17H20N2O5S/c1-13(20)18-14-3-5-15(6-4-14)19-25(21,22)17-9-7-16(8-10-17)24-12-11-23-2/h3-10,19H,11-12H2,1-2H3,(H,18,20). The van der Waals surface area contributed by atoms with Gasteiger partial charge in [0.2, 0.25) is 5.91 Å². The van der Waals surface area contributed by atoms with Crippen molar-refractivity contribution in [3.05, 3.63) is 48.5 Å². The number of rotatable bonds is 8. The molecule has 0 atom stereocenters. The van der Waals surface area contributed by atoms with E-state index in [1.54, 1.807) is 43.5 Å². The number of ether oxygens (including phenoxy) is 2. The van der Waals surface area contributed by atoms with Crippen LogP contribution in [0.1, 0.15) is 6.92 Å². The second-order valence-corrected chi connectivity index (χ2v) is 6.86. The number of carbonyl (C=O) groups excluding carboxylic acids is 1. The molecular weight excluding hydrogens is 344 g/mol. The van der Waals surface area contributed by atoms with Crippen molar-refractivity contribution in [2.45, 2.75) is 11.8 Å². The summed E-state index contributed by atoms with van der Waals surface area (Å²) in [6.45, 7) is 2.25. The SMILES string of the molecule is COCCOc1ccc(S(=O)(=O)Nc2ccc(NC(C)=O)cc2)cc1. The van der Waals surface area contributed by atoms with E-state index in [1.807, 2.05) is 0 Å². The maximum absolute atomic E-state index is 12.4. The summed E-state index contributed by atoms with van der Waals surface area (Å²) >= 11 is 0. The lowest BCUT2D eigenvalue weighted by Crippen LogP contribution is -2.13. The molecule has 0 bridgehead atoms. The predicted molar refractivity (Wildman–Crippen MR) is 95.4 cm³/mol. The summed E-state index contributed by atoms with van der Waals surface area (Å²) in [5.41, 5.74) is 0.988. The van der Waals surface area contributed by atoms with E-state index in [2.05, 4.69) is 10.0 Å². The molecule has 0 spiro atoms. The van der Waals surface area contributed by atoms with Gasteiger partial charge in [0.25, 0.3) is 10.0 Å². The Morgan fingerprint density at radius 2 is 1.56 bits per heavy atom. The first-order chi connectivity index (χ1) is 11.9. The maximum atomic E-state index is 12.4. The van der Waals surface area contributed by atoms with Gasteiger partial charge in [-0.2, -0.15) is 0 Å². The highest BCUT2D eigenvalue weighted by atomic mass is 32.2. The van der Waals surface area contributed by atoms with Crippen LogP contribution in [-0.2, 0) is 19.6 Å². The van der Waals surface area contributed by atoms with Gasteiger partial charge in [0, 0.05) is 25.4 Å². The highest BCUT2D eigenvalue weighted by molar-refractivity contribution is 7.92. The highest BCUT2D eigenvalue weighted by Gasteiger charge is 2.14. The molecule has 0 fully saturated rings. The van der Waals surface area contributed by atoms with E-state index in [-0.39, 0.29) is 10.8 Å². The van der Waals surface area contributed by atoms with Crippen LogP contribution >= 0.6 is 0 Å². The fourth-order valence-electron chi connectivity index (χ4n) is 2.00. The van der Waals surface area contributed by atoms with Crippen molar-refractivity contribution in [1.29, 1.82) is 0 Å². The first kappa shape index (κ1) is 18.8. The number of anilines is 2. The van der Waals surface area contributed by atoms with Crippen LogP contribution in [0.5, 0.6) is 5.75 Å². The number of benzene rings is 2. The van der Waals surface area contributed by atoms with Crippen LogP contribution in [0.25, 0.3) is 0 Å². The molecule has 0 radical (unpaired) electrons. The fourth-order valence-corrected chi connectivity index (χ4v) is 3.06. The summed E-state index contributed by atoms with van der Waals surface area (Å²) < 4.78 is 37.6. The smallest absolute Gasteiger partial charge is 0.261 e. The van der Waals surface area contributed by atoms with Gasteiger partial charge in [-0.25, -0.2) is 8.42 Å². The second-order valence-electron chi connectivity index (χ2n) is 5.18. The zero-order valence-electron chi connectivity index (χ0n) is 14.0. The third-order valence-electron chi connectivity index (χ3n) is 3.15. The van der Waals surface area contributed by atoms with Gasteiger partial charge in [-0.1, -0.05) is 0 Å². The van der Waals surface area contributed by atoms with Crippen LogP contribution in [-0.4, -0.2) is 34.6 Å². The van der Waals surface area contributed by atoms with Gasteiger partial charge in [0.05, 0.1) is 11.5 Å². The van der Waals surface area contributed by atoms with Crippen molar-refractivity contribution in [2.24, 2.45) is 0 Å². The predicted octanol–water partition coefficient (Wildman–Crippen LogP) is 2.47. The molecule has 0 heterocycles. The van der Waals surface area contributed by atoms with E-state index in [9.17, 15) is 13.2 Å². The zero-order chi connectivity index (χ0) is 18.3. The Bertz CT molecular complexity index is 802. The molecule has 2 rings (SSSR count). The van der Waals surface area contributed by atoms with Gasteiger partial charge >= 0.3 is 0 Å². The van der Waals surface area contributed by atoms with Crippen molar-refractivity contribution in [1.82, 2.24) is 0 Å². The molecule has 0 unspecified atom stereocenters. The maximum Gasteiger partial charge on any atom is 0.261 e. The molecule has 2 N–H and O–H groups in total. The quantitative estimate of drug-likeness (QED) is 0.702. The third-order valence-corrected chi connectivity index (χ3v) is 4.54. The Labute approximate surface area is 147 Å². The van der Waals surface area contributed by atoms with Gasteiger partial charge in [-0.15, -0.1) is 0 Å². The minimum atomic E-state index is -3.71. The molecule has 0 aromatic heterocycles. The van der Waals surface area contributed by atoms with Crippen LogP contribution in [0.2, 0.25) is 0 Å². The van der Waals surface area contributed by atoms with E-state index in [1.165, 1.54) is 19.1 Å².